The van der Waals surface area contributed by atoms with Crippen LogP contribution in [0.15, 0.2) is 0 Å². The minimum Gasteiger partial charge on any atom is -0.393 e. The fourth-order valence-electron chi connectivity index (χ4n) is 2.02. The summed E-state index contributed by atoms with van der Waals surface area (Å²) in [6.45, 7) is 6.95. The van der Waals surface area contributed by atoms with Crippen LogP contribution < -0.4 is 5.73 Å². The Kier molecular flexibility index (Phi) is 4.13. The van der Waals surface area contributed by atoms with Gasteiger partial charge in [-0.3, -0.25) is 4.90 Å². The van der Waals surface area contributed by atoms with Gasteiger partial charge in [-0.05, 0) is 25.8 Å². The maximum Gasteiger partial charge on any atom is 0.0742 e. The SMILES string of the molecule is CCC1CCN(C(C)CC(N)=S)C1. The molecule has 2 N–H and O–H groups in total. The van der Waals surface area contributed by atoms with Gasteiger partial charge < -0.3 is 5.73 Å². The summed E-state index contributed by atoms with van der Waals surface area (Å²) in [5.74, 6) is 0.897. The Hall–Kier alpha value is -0.150. The zero-order valence-electron chi connectivity index (χ0n) is 8.62. The largest absolute Gasteiger partial charge is 0.393 e. The van der Waals surface area contributed by atoms with Crippen molar-refractivity contribution < 1.29 is 0 Å². The lowest BCUT2D eigenvalue weighted by Crippen LogP contribution is -2.34. The van der Waals surface area contributed by atoms with Crippen molar-refractivity contribution in [3.8, 4) is 0 Å². The molecule has 0 spiro atoms. The zero-order valence-corrected chi connectivity index (χ0v) is 9.44. The summed E-state index contributed by atoms with van der Waals surface area (Å²) in [6, 6.07) is 0.536. The highest BCUT2D eigenvalue weighted by Crippen LogP contribution is 2.21. The summed E-state index contributed by atoms with van der Waals surface area (Å²) >= 11 is 4.92. The quantitative estimate of drug-likeness (QED) is 0.702. The standard InChI is InChI=1S/C10H20N2S/c1-3-9-4-5-12(7-9)8(2)6-10(11)13/h8-9H,3-7H2,1-2H3,(H2,11,13). The summed E-state index contributed by atoms with van der Waals surface area (Å²) in [7, 11) is 0. The molecule has 1 fully saturated rings. The van der Waals surface area contributed by atoms with Crippen LogP contribution >= 0.6 is 12.2 Å². The van der Waals surface area contributed by atoms with Gasteiger partial charge in [-0.1, -0.05) is 25.6 Å². The molecule has 0 bridgehead atoms. The van der Waals surface area contributed by atoms with Crippen molar-refractivity contribution in [1.29, 1.82) is 0 Å². The highest BCUT2D eigenvalue weighted by molar-refractivity contribution is 7.80. The summed E-state index contributed by atoms with van der Waals surface area (Å²) < 4.78 is 0. The second kappa shape index (κ2) is 4.91. The van der Waals surface area contributed by atoms with E-state index in [1.165, 1.54) is 25.9 Å². The fourth-order valence-corrected chi connectivity index (χ4v) is 2.26. The van der Waals surface area contributed by atoms with Crippen LogP contribution in [0, 0.1) is 5.92 Å². The van der Waals surface area contributed by atoms with Gasteiger partial charge in [-0.15, -0.1) is 0 Å². The average Bonchev–Trinajstić information content (AvgIpc) is 2.50. The van der Waals surface area contributed by atoms with E-state index >= 15 is 0 Å². The Bertz CT molecular complexity index is 182. The first-order valence-corrected chi connectivity index (χ1v) is 5.56. The molecule has 0 aliphatic carbocycles. The number of rotatable bonds is 4. The molecule has 1 rings (SSSR count). The Morgan fingerprint density at radius 3 is 2.85 bits per heavy atom. The molecule has 0 saturated carbocycles. The van der Waals surface area contributed by atoms with Crippen LogP contribution in [0.2, 0.25) is 0 Å². The first-order chi connectivity index (χ1) is 6.13. The molecule has 0 radical (unpaired) electrons. The van der Waals surface area contributed by atoms with E-state index in [0.717, 1.165) is 12.3 Å². The van der Waals surface area contributed by atoms with Gasteiger partial charge >= 0.3 is 0 Å². The van der Waals surface area contributed by atoms with Crippen LogP contribution in [0.5, 0.6) is 0 Å². The Balaban J connectivity index is 2.32. The van der Waals surface area contributed by atoms with Crippen LogP contribution in [0.3, 0.4) is 0 Å². The van der Waals surface area contributed by atoms with Crippen molar-refractivity contribution in [3.63, 3.8) is 0 Å². The summed E-state index contributed by atoms with van der Waals surface area (Å²) in [6.07, 6.45) is 3.51. The van der Waals surface area contributed by atoms with Gasteiger partial charge in [0.2, 0.25) is 0 Å². The second-order valence-electron chi connectivity index (χ2n) is 4.08. The highest BCUT2D eigenvalue weighted by Gasteiger charge is 2.24. The van der Waals surface area contributed by atoms with Gasteiger partial charge in [0.05, 0.1) is 4.99 Å². The fraction of sp³-hybridized carbons (Fsp3) is 0.900. The molecular weight excluding hydrogens is 180 g/mol. The maximum atomic E-state index is 5.53. The molecule has 2 atom stereocenters. The van der Waals surface area contributed by atoms with Crippen LogP contribution in [0.4, 0.5) is 0 Å². The van der Waals surface area contributed by atoms with E-state index in [-0.39, 0.29) is 0 Å². The number of nitrogens with zero attached hydrogens (tertiary/aromatic N) is 1. The Morgan fingerprint density at radius 1 is 1.69 bits per heavy atom. The summed E-state index contributed by atoms with van der Waals surface area (Å²) in [4.78, 5) is 3.15. The predicted molar refractivity (Wildman–Crippen MR) is 60.8 cm³/mol. The second-order valence-corrected chi connectivity index (χ2v) is 4.60. The molecule has 0 aromatic carbocycles. The van der Waals surface area contributed by atoms with Gasteiger partial charge in [0, 0.05) is 19.0 Å². The van der Waals surface area contributed by atoms with E-state index in [9.17, 15) is 0 Å². The zero-order chi connectivity index (χ0) is 9.84. The average molecular weight is 200 g/mol. The summed E-state index contributed by atoms with van der Waals surface area (Å²) in [5.41, 5.74) is 5.53. The number of likely N-dealkylation sites (tertiary alicyclic amines) is 1. The van der Waals surface area contributed by atoms with Crippen LogP contribution in [0.25, 0.3) is 0 Å². The summed E-state index contributed by atoms with van der Waals surface area (Å²) in [5, 5.41) is 0. The Labute approximate surface area is 86.5 Å². The minimum atomic E-state index is 0.536. The van der Waals surface area contributed by atoms with Gasteiger partial charge in [-0.25, -0.2) is 0 Å². The lowest BCUT2D eigenvalue weighted by molar-refractivity contribution is 0.254. The van der Waals surface area contributed by atoms with Crippen molar-refractivity contribution in [2.45, 2.75) is 39.2 Å². The molecule has 1 saturated heterocycles. The normalized spacial score (nSPS) is 26.2. The molecule has 1 aliphatic rings. The van der Waals surface area contributed by atoms with Gasteiger partial charge in [0.15, 0.2) is 0 Å². The van der Waals surface area contributed by atoms with E-state index in [0.29, 0.717) is 11.0 Å². The monoisotopic (exact) mass is 200 g/mol. The van der Waals surface area contributed by atoms with E-state index < -0.39 is 0 Å². The van der Waals surface area contributed by atoms with Crippen LogP contribution in [-0.2, 0) is 0 Å². The molecule has 1 aliphatic heterocycles. The number of hydrogen-bond acceptors (Lipinski definition) is 2. The molecular formula is C10H20N2S. The first-order valence-electron chi connectivity index (χ1n) is 5.15. The first kappa shape index (κ1) is 10.9. The van der Waals surface area contributed by atoms with E-state index in [1.54, 1.807) is 0 Å². The number of thiocarbonyl (C=S) groups is 1. The molecule has 3 heteroatoms. The van der Waals surface area contributed by atoms with Crippen molar-refractivity contribution in [2.75, 3.05) is 13.1 Å². The highest BCUT2D eigenvalue weighted by atomic mass is 32.1. The molecule has 76 valence electrons. The third-order valence-corrected chi connectivity index (χ3v) is 3.18. The van der Waals surface area contributed by atoms with Crippen LogP contribution in [-0.4, -0.2) is 29.0 Å². The van der Waals surface area contributed by atoms with Crippen molar-refractivity contribution in [1.82, 2.24) is 4.90 Å². The van der Waals surface area contributed by atoms with E-state index in [2.05, 4.69) is 18.7 Å². The predicted octanol–water partition coefficient (Wildman–Crippen LogP) is 1.78. The third-order valence-electron chi connectivity index (χ3n) is 3.01. The molecule has 2 unspecified atom stereocenters. The van der Waals surface area contributed by atoms with E-state index in [4.69, 9.17) is 18.0 Å². The minimum absolute atomic E-state index is 0.536. The lowest BCUT2D eigenvalue weighted by atomic mass is 10.1. The molecule has 0 aromatic rings. The van der Waals surface area contributed by atoms with Crippen molar-refractivity contribution in [2.24, 2.45) is 11.7 Å². The van der Waals surface area contributed by atoms with E-state index in [1.807, 2.05) is 0 Å². The lowest BCUT2D eigenvalue weighted by Gasteiger charge is -2.23. The molecule has 13 heavy (non-hydrogen) atoms. The van der Waals surface area contributed by atoms with Crippen molar-refractivity contribution in [3.05, 3.63) is 0 Å². The topological polar surface area (TPSA) is 29.3 Å². The number of hydrogen-bond donors (Lipinski definition) is 1. The van der Waals surface area contributed by atoms with Gasteiger partial charge in [-0.2, -0.15) is 0 Å². The van der Waals surface area contributed by atoms with Gasteiger partial charge in [0.1, 0.15) is 0 Å². The maximum absolute atomic E-state index is 5.53. The van der Waals surface area contributed by atoms with Crippen LogP contribution in [0.1, 0.15) is 33.1 Å². The smallest absolute Gasteiger partial charge is 0.0742 e. The molecule has 0 aromatic heterocycles. The van der Waals surface area contributed by atoms with Crippen molar-refractivity contribution >= 4 is 17.2 Å². The molecule has 1 heterocycles. The third kappa shape index (κ3) is 3.24. The Morgan fingerprint density at radius 2 is 2.38 bits per heavy atom. The molecule has 2 nitrogen and oxygen atoms in total. The molecule has 0 amide bonds. The van der Waals surface area contributed by atoms with Gasteiger partial charge in [0.25, 0.3) is 0 Å². The number of nitrogens with two attached hydrogens (primary N) is 1.